The molecular weight excluding hydrogens is 676 g/mol. The first-order valence-corrected chi connectivity index (χ1v) is 26.5. The zero-order valence-electron chi connectivity index (χ0n) is 33.9. The van der Waals surface area contributed by atoms with Crippen molar-refractivity contribution in [2.45, 2.75) is 181 Å². The average molecular weight is 754 g/mol. The molecule has 0 aliphatic heterocycles. The van der Waals surface area contributed by atoms with Gasteiger partial charge in [0.25, 0.3) is 0 Å². The van der Waals surface area contributed by atoms with Gasteiger partial charge < -0.3 is 40.3 Å². The quantitative estimate of drug-likeness (QED) is 0.150. The molecule has 0 saturated heterocycles. The van der Waals surface area contributed by atoms with Crippen LogP contribution in [0, 0.1) is 11.8 Å². The number of halogens is 1. The molecule has 49 heavy (non-hydrogen) atoms. The predicted octanol–water partition coefficient (Wildman–Crippen LogP) is 8.16. The summed E-state index contributed by atoms with van der Waals surface area (Å²) in [5.74, 6) is 0.776. The SMILES string of the molecule is CN(C[C@@H](N)[C@@H](O)C1CCCCC1)C(=O)OC(C)(C)C.CN(C[C@@H](N)[C@@H](O[Si](C)(C)C)C1CCCCC1)C(=O)OC(C)(C)C.C[Si](C)(C)Cl. The molecule has 2 saturated carbocycles. The van der Waals surface area contributed by atoms with Gasteiger partial charge in [0.15, 0.2) is 8.32 Å². The molecule has 0 heterocycles. The molecule has 2 amide bonds. The van der Waals surface area contributed by atoms with E-state index in [9.17, 15) is 14.7 Å². The number of nitrogens with two attached hydrogens (primary N) is 2. The molecule has 2 fully saturated rings. The fraction of sp³-hybridized carbons (Fsp3) is 0.944. The van der Waals surface area contributed by atoms with Gasteiger partial charge in [-0.3, -0.25) is 0 Å². The van der Waals surface area contributed by atoms with E-state index in [1.807, 2.05) is 41.5 Å². The van der Waals surface area contributed by atoms with Crippen LogP contribution in [0.3, 0.4) is 0 Å². The van der Waals surface area contributed by atoms with Gasteiger partial charge in [0.1, 0.15) is 18.6 Å². The van der Waals surface area contributed by atoms with E-state index in [0.717, 1.165) is 25.7 Å². The Bertz CT molecular complexity index is 934. The number of nitrogens with zero attached hydrogens (tertiary/aromatic N) is 2. The second-order valence-corrected chi connectivity index (χ2v) is 30.1. The molecule has 0 bridgehead atoms. The lowest BCUT2D eigenvalue weighted by Crippen LogP contribution is -2.53. The van der Waals surface area contributed by atoms with Crippen molar-refractivity contribution in [1.29, 1.82) is 0 Å². The number of likely N-dealkylation sites (N-methyl/N-ethyl adjacent to an activating group) is 2. The average Bonchev–Trinajstić information content (AvgIpc) is 2.93. The third kappa shape index (κ3) is 24.8. The number of rotatable bonds is 10. The maximum Gasteiger partial charge on any atom is 0.410 e. The van der Waals surface area contributed by atoms with Gasteiger partial charge in [-0.2, -0.15) is 11.1 Å². The number of ether oxygens (including phenoxy) is 2. The van der Waals surface area contributed by atoms with E-state index in [2.05, 4.69) is 39.3 Å². The predicted molar refractivity (Wildman–Crippen MR) is 210 cm³/mol. The zero-order chi connectivity index (χ0) is 38.4. The van der Waals surface area contributed by atoms with Gasteiger partial charge in [0, 0.05) is 39.3 Å². The second-order valence-electron chi connectivity index (χ2n) is 18.1. The fourth-order valence-electron chi connectivity index (χ4n) is 5.90. The molecule has 2 rings (SSSR count). The second kappa shape index (κ2) is 21.6. The van der Waals surface area contributed by atoms with Crippen molar-refractivity contribution in [3.05, 3.63) is 0 Å². The summed E-state index contributed by atoms with van der Waals surface area (Å²) in [6, 6.07) is -0.604. The van der Waals surface area contributed by atoms with E-state index in [-0.39, 0.29) is 24.2 Å². The number of carbonyl (C=O) groups excluding carboxylic acids is 2. The molecule has 4 atom stereocenters. The molecule has 0 aromatic rings. The smallest absolute Gasteiger partial charge is 0.410 e. The van der Waals surface area contributed by atoms with Gasteiger partial charge in [0.2, 0.25) is 0 Å². The van der Waals surface area contributed by atoms with Crippen LogP contribution in [-0.2, 0) is 13.9 Å². The third-order valence-electron chi connectivity index (χ3n) is 7.98. The van der Waals surface area contributed by atoms with Crippen LogP contribution in [0.2, 0.25) is 39.3 Å². The highest BCUT2D eigenvalue weighted by molar-refractivity contribution is 7.18. The number of hydrogen-bond acceptors (Lipinski definition) is 8. The number of aliphatic hydroxyl groups excluding tert-OH is 1. The van der Waals surface area contributed by atoms with Crippen LogP contribution in [0.5, 0.6) is 0 Å². The van der Waals surface area contributed by atoms with Crippen molar-refractivity contribution in [2.75, 3.05) is 27.2 Å². The molecule has 0 radical (unpaired) electrons. The van der Waals surface area contributed by atoms with Crippen LogP contribution in [0.4, 0.5) is 9.59 Å². The van der Waals surface area contributed by atoms with E-state index < -0.39 is 45.1 Å². The van der Waals surface area contributed by atoms with Gasteiger partial charge in [0.05, 0.1) is 12.2 Å². The van der Waals surface area contributed by atoms with E-state index in [1.54, 1.807) is 19.0 Å². The van der Waals surface area contributed by atoms with Crippen LogP contribution in [0.25, 0.3) is 0 Å². The van der Waals surface area contributed by atoms with Gasteiger partial charge >= 0.3 is 12.2 Å². The zero-order valence-corrected chi connectivity index (χ0v) is 36.6. The fourth-order valence-corrected chi connectivity index (χ4v) is 7.09. The first-order chi connectivity index (χ1) is 22.1. The summed E-state index contributed by atoms with van der Waals surface area (Å²) in [6.07, 6.45) is 10.6. The molecule has 0 aromatic carbocycles. The Hall–Kier alpha value is -0.896. The molecule has 292 valence electrons. The number of carbonyl (C=O) groups is 2. The lowest BCUT2D eigenvalue weighted by Gasteiger charge is -2.39. The van der Waals surface area contributed by atoms with E-state index in [1.165, 1.54) is 43.4 Å². The topological polar surface area (TPSA) is 141 Å². The Kier molecular flexibility index (Phi) is 21.2. The largest absolute Gasteiger partial charge is 0.444 e. The summed E-state index contributed by atoms with van der Waals surface area (Å²) in [5, 5.41) is 10.3. The highest BCUT2D eigenvalue weighted by atomic mass is 35.6. The third-order valence-corrected chi connectivity index (χ3v) is 8.96. The lowest BCUT2D eigenvalue weighted by molar-refractivity contribution is 0.0182. The van der Waals surface area contributed by atoms with Crippen molar-refractivity contribution in [3.8, 4) is 0 Å². The minimum absolute atomic E-state index is 0.0295. The minimum Gasteiger partial charge on any atom is -0.444 e. The van der Waals surface area contributed by atoms with E-state index in [4.69, 9.17) is 36.4 Å². The van der Waals surface area contributed by atoms with Crippen molar-refractivity contribution < 1.29 is 28.6 Å². The number of amides is 2. The maximum absolute atomic E-state index is 12.2. The number of aliphatic hydroxyl groups is 1. The minimum atomic E-state index is -1.70. The van der Waals surface area contributed by atoms with Crippen molar-refractivity contribution in [1.82, 2.24) is 9.80 Å². The summed E-state index contributed by atoms with van der Waals surface area (Å²) < 4.78 is 17.2. The lowest BCUT2D eigenvalue weighted by atomic mass is 9.83. The summed E-state index contributed by atoms with van der Waals surface area (Å²) >= 11 is 5.67. The van der Waals surface area contributed by atoms with E-state index >= 15 is 0 Å². The van der Waals surface area contributed by atoms with E-state index in [0.29, 0.717) is 19.0 Å². The summed E-state index contributed by atoms with van der Waals surface area (Å²) in [4.78, 5) is 27.1. The summed E-state index contributed by atoms with van der Waals surface area (Å²) in [6.45, 7) is 24.8. The van der Waals surface area contributed by atoms with Crippen LogP contribution in [0.1, 0.15) is 106 Å². The standard InChI is InChI=1S/C18H38N2O3Si.C15H30N2O3.C3H9ClSi/c1-18(2,3)22-17(21)20(4)13-15(19)16(23-24(5,6)7)14-11-9-8-10-12-14;1-15(2,3)20-14(19)17(4)10-12(16)13(18)11-8-6-5-7-9-11;1-5(2,3)4/h14-16H,8-13,19H2,1-7H3;11-13,18H,5-10,16H2,1-4H3;1-3H3/t15-,16+;12-,13+;/m11./s1. The molecule has 0 unspecified atom stereocenters. The highest BCUT2D eigenvalue weighted by Gasteiger charge is 2.35. The first-order valence-electron chi connectivity index (χ1n) is 18.5. The number of hydrogen-bond donors (Lipinski definition) is 3. The summed E-state index contributed by atoms with van der Waals surface area (Å²) in [7, 11) is 0.568. The Morgan fingerprint density at radius 1 is 0.714 bits per heavy atom. The summed E-state index contributed by atoms with van der Waals surface area (Å²) in [5.41, 5.74) is 11.5. The van der Waals surface area contributed by atoms with Gasteiger partial charge in [-0.05, 0) is 98.7 Å². The highest BCUT2D eigenvalue weighted by Crippen LogP contribution is 2.31. The first kappa shape index (κ1) is 48.1. The van der Waals surface area contributed by atoms with Crippen LogP contribution in [-0.4, -0.2) is 105 Å². The Labute approximate surface area is 307 Å². The Balaban J connectivity index is 0.000000835. The van der Waals surface area contributed by atoms with Gasteiger partial charge in [-0.15, -0.1) is 0 Å². The van der Waals surface area contributed by atoms with Gasteiger partial charge in [-0.25, -0.2) is 9.59 Å². The van der Waals surface area contributed by atoms with Crippen LogP contribution in [0.15, 0.2) is 0 Å². The molecule has 0 spiro atoms. The molecule has 2 aliphatic rings. The molecule has 10 nitrogen and oxygen atoms in total. The van der Waals surface area contributed by atoms with Crippen LogP contribution >= 0.6 is 11.1 Å². The monoisotopic (exact) mass is 753 g/mol. The normalized spacial score (nSPS) is 19.1. The molecule has 13 heteroatoms. The van der Waals surface area contributed by atoms with Crippen molar-refractivity contribution >= 4 is 39.0 Å². The Morgan fingerprint density at radius 3 is 1.37 bits per heavy atom. The van der Waals surface area contributed by atoms with Crippen molar-refractivity contribution in [2.24, 2.45) is 23.3 Å². The van der Waals surface area contributed by atoms with Crippen LogP contribution < -0.4 is 11.5 Å². The molecular formula is C36H77ClN4O6Si2. The maximum atomic E-state index is 12.2. The van der Waals surface area contributed by atoms with Gasteiger partial charge in [-0.1, -0.05) is 58.2 Å². The van der Waals surface area contributed by atoms with Crippen molar-refractivity contribution in [3.63, 3.8) is 0 Å². The molecule has 5 N–H and O–H groups in total. The molecule has 2 aliphatic carbocycles. The Morgan fingerprint density at radius 2 is 1.04 bits per heavy atom. The molecule has 0 aromatic heterocycles.